The Hall–Kier alpha value is -0.120. The summed E-state index contributed by atoms with van der Waals surface area (Å²) in [5.41, 5.74) is 0. The van der Waals surface area contributed by atoms with Gasteiger partial charge in [-0.2, -0.15) is 0 Å². The van der Waals surface area contributed by atoms with Gasteiger partial charge in [0, 0.05) is 25.2 Å². The number of hydrogen-bond donors (Lipinski definition) is 2. The van der Waals surface area contributed by atoms with E-state index in [0.717, 1.165) is 13.0 Å². The zero-order valence-corrected chi connectivity index (χ0v) is 11.5. The van der Waals surface area contributed by atoms with Crippen LogP contribution in [0.3, 0.4) is 0 Å². The van der Waals surface area contributed by atoms with Gasteiger partial charge in [-0.25, -0.2) is 0 Å². The van der Waals surface area contributed by atoms with Crippen LogP contribution in [0.2, 0.25) is 0 Å². The van der Waals surface area contributed by atoms with Crippen LogP contribution in [0.1, 0.15) is 46.5 Å². The molecule has 3 heteroatoms. The van der Waals surface area contributed by atoms with Crippen LogP contribution in [0.25, 0.3) is 0 Å². The standard InChI is InChI=1S/C13H30N2O/c1-5-6-7-9-15(12(2)3)11-13(14-4)8-10-16/h12-14,16H,5-11H2,1-4H3. The first-order chi connectivity index (χ1) is 7.65. The van der Waals surface area contributed by atoms with E-state index in [4.69, 9.17) is 5.11 Å². The van der Waals surface area contributed by atoms with E-state index in [9.17, 15) is 0 Å². The molecule has 0 bridgehead atoms. The number of nitrogens with zero attached hydrogens (tertiary/aromatic N) is 1. The van der Waals surface area contributed by atoms with E-state index in [2.05, 4.69) is 31.0 Å². The van der Waals surface area contributed by atoms with Crippen LogP contribution in [0, 0.1) is 0 Å². The van der Waals surface area contributed by atoms with Gasteiger partial charge in [0.05, 0.1) is 0 Å². The lowest BCUT2D eigenvalue weighted by atomic mass is 10.1. The summed E-state index contributed by atoms with van der Waals surface area (Å²) in [4.78, 5) is 2.51. The number of unbranched alkanes of at least 4 members (excludes halogenated alkanes) is 2. The van der Waals surface area contributed by atoms with Crippen LogP contribution < -0.4 is 5.32 Å². The van der Waals surface area contributed by atoms with Crippen molar-refractivity contribution in [2.45, 2.75) is 58.5 Å². The molecule has 0 spiro atoms. The molecule has 16 heavy (non-hydrogen) atoms. The average Bonchev–Trinajstić information content (AvgIpc) is 2.26. The molecule has 0 radical (unpaired) electrons. The number of rotatable bonds is 10. The zero-order valence-electron chi connectivity index (χ0n) is 11.5. The highest BCUT2D eigenvalue weighted by molar-refractivity contribution is 4.73. The third kappa shape index (κ3) is 7.20. The third-order valence-electron chi connectivity index (χ3n) is 3.12. The van der Waals surface area contributed by atoms with Gasteiger partial charge in [-0.3, -0.25) is 4.90 Å². The second-order valence-corrected chi connectivity index (χ2v) is 4.79. The predicted octanol–water partition coefficient (Wildman–Crippen LogP) is 1.86. The molecule has 3 nitrogen and oxygen atoms in total. The molecule has 0 fully saturated rings. The molecule has 1 atom stereocenters. The summed E-state index contributed by atoms with van der Waals surface area (Å²) in [7, 11) is 1.98. The fraction of sp³-hybridized carbons (Fsp3) is 1.00. The van der Waals surface area contributed by atoms with Gasteiger partial charge >= 0.3 is 0 Å². The van der Waals surface area contributed by atoms with Crippen LogP contribution in [0.4, 0.5) is 0 Å². The summed E-state index contributed by atoms with van der Waals surface area (Å²) < 4.78 is 0. The minimum Gasteiger partial charge on any atom is -0.396 e. The molecule has 0 aromatic heterocycles. The zero-order chi connectivity index (χ0) is 12.4. The van der Waals surface area contributed by atoms with E-state index in [-0.39, 0.29) is 6.61 Å². The minimum absolute atomic E-state index is 0.270. The van der Waals surface area contributed by atoms with E-state index in [1.807, 2.05) is 7.05 Å². The van der Waals surface area contributed by atoms with E-state index < -0.39 is 0 Å². The van der Waals surface area contributed by atoms with Crippen molar-refractivity contribution >= 4 is 0 Å². The SMILES string of the molecule is CCCCCN(CC(CCO)NC)C(C)C. The number of aliphatic hydroxyl groups is 1. The molecule has 0 rings (SSSR count). The maximum absolute atomic E-state index is 8.97. The average molecular weight is 230 g/mol. The van der Waals surface area contributed by atoms with Crippen molar-refractivity contribution in [2.24, 2.45) is 0 Å². The molecule has 0 saturated carbocycles. The molecule has 0 aliphatic carbocycles. The van der Waals surface area contributed by atoms with E-state index in [0.29, 0.717) is 12.1 Å². The van der Waals surface area contributed by atoms with Gasteiger partial charge < -0.3 is 10.4 Å². The minimum atomic E-state index is 0.270. The Balaban J connectivity index is 3.98. The normalized spacial score (nSPS) is 13.7. The van der Waals surface area contributed by atoms with Crippen LogP contribution >= 0.6 is 0 Å². The monoisotopic (exact) mass is 230 g/mol. The van der Waals surface area contributed by atoms with Crippen molar-refractivity contribution in [1.29, 1.82) is 0 Å². The molecule has 0 aliphatic rings. The highest BCUT2D eigenvalue weighted by Gasteiger charge is 2.14. The quantitative estimate of drug-likeness (QED) is 0.562. The summed E-state index contributed by atoms with van der Waals surface area (Å²) in [5, 5.41) is 12.3. The molecule has 0 saturated heterocycles. The first-order valence-electron chi connectivity index (χ1n) is 6.67. The van der Waals surface area contributed by atoms with Crippen LogP contribution in [-0.4, -0.2) is 48.8 Å². The molecule has 1 unspecified atom stereocenters. The fourth-order valence-corrected chi connectivity index (χ4v) is 1.89. The van der Waals surface area contributed by atoms with Crippen LogP contribution in [0.5, 0.6) is 0 Å². The van der Waals surface area contributed by atoms with E-state index in [1.165, 1.54) is 25.8 Å². The lowest BCUT2D eigenvalue weighted by Gasteiger charge is -2.30. The number of hydrogen-bond acceptors (Lipinski definition) is 3. The summed E-state index contributed by atoms with van der Waals surface area (Å²) in [6.07, 6.45) is 4.71. The van der Waals surface area contributed by atoms with Gasteiger partial charge in [-0.15, -0.1) is 0 Å². The molecule has 0 aromatic carbocycles. The molecule has 0 aliphatic heterocycles. The highest BCUT2D eigenvalue weighted by Crippen LogP contribution is 2.05. The molecule has 2 N–H and O–H groups in total. The van der Waals surface area contributed by atoms with Gasteiger partial charge in [0.1, 0.15) is 0 Å². The Labute approximate surface area is 101 Å². The van der Waals surface area contributed by atoms with Gasteiger partial charge in [-0.05, 0) is 40.3 Å². The van der Waals surface area contributed by atoms with E-state index in [1.54, 1.807) is 0 Å². The maximum atomic E-state index is 8.97. The maximum Gasteiger partial charge on any atom is 0.0446 e. The lowest BCUT2D eigenvalue weighted by Crippen LogP contribution is -2.43. The van der Waals surface area contributed by atoms with Crippen molar-refractivity contribution in [2.75, 3.05) is 26.7 Å². The number of aliphatic hydroxyl groups excluding tert-OH is 1. The van der Waals surface area contributed by atoms with Gasteiger partial charge in [-0.1, -0.05) is 19.8 Å². The Kier molecular flexibility index (Phi) is 9.99. The summed E-state index contributed by atoms with van der Waals surface area (Å²) >= 11 is 0. The number of likely N-dealkylation sites (N-methyl/N-ethyl adjacent to an activating group) is 1. The second-order valence-electron chi connectivity index (χ2n) is 4.79. The molecule has 98 valence electrons. The lowest BCUT2D eigenvalue weighted by molar-refractivity contribution is 0.178. The Morgan fingerprint density at radius 1 is 1.25 bits per heavy atom. The molecule has 0 heterocycles. The van der Waals surface area contributed by atoms with Crippen molar-refractivity contribution in [3.8, 4) is 0 Å². The Morgan fingerprint density at radius 2 is 1.94 bits per heavy atom. The topological polar surface area (TPSA) is 35.5 Å². The summed E-state index contributed by atoms with van der Waals surface area (Å²) in [6, 6.07) is 1.00. The molecular formula is C13H30N2O. The Bertz CT molecular complexity index is 151. The summed E-state index contributed by atoms with van der Waals surface area (Å²) in [5.74, 6) is 0. The fourth-order valence-electron chi connectivity index (χ4n) is 1.89. The molecule has 0 amide bonds. The van der Waals surface area contributed by atoms with E-state index >= 15 is 0 Å². The predicted molar refractivity (Wildman–Crippen MR) is 70.8 cm³/mol. The first kappa shape index (κ1) is 15.9. The number of nitrogens with one attached hydrogen (secondary N) is 1. The van der Waals surface area contributed by atoms with Crippen LogP contribution in [0.15, 0.2) is 0 Å². The van der Waals surface area contributed by atoms with Crippen molar-refractivity contribution < 1.29 is 5.11 Å². The molecule has 0 aromatic rings. The van der Waals surface area contributed by atoms with Crippen molar-refractivity contribution in [3.63, 3.8) is 0 Å². The Morgan fingerprint density at radius 3 is 2.38 bits per heavy atom. The van der Waals surface area contributed by atoms with Gasteiger partial charge in [0.15, 0.2) is 0 Å². The second kappa shape index (κ2) is 10.1. The highest BCUT2D eigenvalue weighted by atomic mass is 16.3. The van der Waals surface area contributed by atoms with Crippen molar-refractivity contribution in [3.05, 3.63) is 0 Å². The van der Waals surface area contributed by atoms with Gasteiger partial charge in [0.2, 0.25) is 0 Å². The largest absolute Gasteiger partial charge is 0.396 e. The van der Waals surface area contributed by atoms with Crippen molar-refractivity contribution in [1.82, 2.24) is 10.2 Å². The third-order valence-corrected chi connectivity index (χ3v) is 3.12. The smallest absolute Gasteiger partial charge is 0.0446 e. The summed E-state index contributed by atoms with van der Waals surface area (Å²) in [6.45, 7) is 9.22. The van der Waals surface area contributed by atoms with Crippen LogP contribution in [-0.2, 0) is 0 Å². The molecular weight excluding hydrogens is 200 g/mol. The van der Waals surface area contributed by atoms with Gasteiger partial charge in [0.25, 0.3) is 0 Å². The first-order valence-corrected chi connectivity index (χ1v) is 6.67.